The molecule has 4 nitrogen and oxygen atoms in total. The minimum absolute atomic E-state index is 0.275. The Morgan fingerprint density at radius 1 is 0.886 bits per heavy atom. The number of aliphatic hydroxyl groups is 1. The first-order valence-electron chi connectivity index (χ1n) is 12.7. The number of nitrogens with zero attached hydrogens (tertiary/aromatic N) is 2. The summed E-state index contributed by atoms with van der Waals surface area (Å²) in [5.74, 6) is 0.550. The van der Waals surface area contributed by atoms with Crippen LogP contribution in [0.3, 0.4) is 0 Å². The molecule has 2 atom stereocenters. The number of hydrogen-bond acceptors (Lipinski definition) is 3. The number of fused-ring (bicyclic) bond motifs is 2. The van der Waals surface area contributed by atoms with E-state index in [4.69, 9.17) is 4.98 Å². The number of aryl methyl sites for hydroxylation is 2. The summed E-state index contributed by atoms with van der Waals surface area (Å²) in [6.07, 6.45) is 2.18. The van der Waals surface area contributed by atoms with Gasteiger partial charge in [-0.1, -0.05) is 60.7 Å². The first-order valence-corrected chi connectivity index (χ1v) is 12.7. The smallest absolute Gasteiger partial charge is 0.0976 e. The molecule has 2 aromatic heterocycles. The summed E-state index contributed by atoms with van der Waals surface area (Å²) in [6, 6.07) is 27.6. The molecule has 2 N–H and O–H groups in total. The molecule has 178 valence electrons. The number of piperidine rings is 1. The van der Waals surface area contributed by atoms with Crippen molar-refractivity contribution in [1.82, 2.24) is 14.9 Å². The SMILES string of the molecule is Cc1cc(-c2cccc(-c3ccc(C4(O)C5CCC4CN(Cc4ccccc4)C5)cc3)n2)c(C)[nH]1. The average molecular weight is 464 g/mol. The molecule has 0 spiro atoms. The normalized spacial score (nSPS) is 24.1. The van der Waals surface area contributed by atoms with E-state index >= 15 is 0 Å². The van der Waals surface area contributed by atoms with Crippen molar-refractivity contribution in [2.45, 2.75) is 38.8 Å². The summed E-state index contributed by atoms with van der Waals surface area (Å²) in [5, 5.41) is 12.0. The highest BCUT2D eigenvalue weighted by atomic mass is 16.3. The Bertz CT molecular complexity index is 1310. The molecule has 6 rings (SSSR count). The number of aromatic nitrogens is 2. The summed E-state index contributed by atoms with van der Waals surface area (Å²) in [4.78, 5) is 10.9. The minimum atomic E-state index is -0.735. The van der Waals surface area contributed by atoms with Gasteiger partial charge in [0.2, 0.25) is 0 Å². The van der Waals surface area contributed by atoms with Crippen molar-refractivity contribution >= 4 is 0 Å². The Kier molecular flexibility index (Phi) is 5.58. The summed E-state index contributed by atoms with van der Waals surface area (Å²) in [7, 11) is 0. The van der Waals surface area contributed by atoms with Gasteiger partial charge < -0.3 is 10.1 Å². The number of hydrogen-bond donors (Lipinski definition) is 2. The predicted molar refractivity (Wildman–Crippen MR) is 141 cm³/mol. The van der Waals surface area contributed by atoms with Crippen molar-refractivity contribution < 1.29 is 5.11 Å². The highest BCUT2D eigenvalue weighted by Gasteiger charge is 2.53. The van der Waals surface area contributed by atoms with Crippen LogP contribution in [0.5, 0.6) is 0 Å². The van der Waals surface area contributed by atoms with Crippen LogP contribution in [0.4, 0.5) is 0 Å². The quantitative estimate of drug-likeness (QED) is 0.377. The number of likely N-dealkylation sites (tertiary alicyclic amines) is 1. The zero-order valence-corrected chi connectivity index (χ0v) is 20.5. The highest BCUT2D eigenvalue weighted by molar-refractivity contribution is 5.68. The van der Waals surface area contributed by atoms with E-state index in [0.29, 0.717) is 0 Å². The standard InChI is InChI=1S/C31H33N3O/c1-21-17-28(22(2)32-21)30-10-6-9-29(33-30)24-11-13-25(14-12-24)31(35)26-15-16-27(31)20-34(19-26)18-23-7-4-3-5-8-23/h3-14,17,26-27,32,35H,15-16,18-20H2,1-2H3. The molecule has 0 amide bonds. The van der Waals surface area contributed by atoms with Gasteiger partial charge in [-0.05, 0) is 56.0 Å². The van der Waals surface area contributed by atoms with E-state index in [0.717, 1.165) is 71.9 Å². The lowest BCUT2D eigenvalue weighted by molar-refractivity contribution is -0.0914. The van der Waals surface area contributed by atoms with Gasteiger partial charge in [-0.25, -0.2) is 4.98 Å². The molecule has 4 heteroatoms. The molecule has 2 aromatic carbocycles. The van der Waals surface area contributed by atoms with Crippen LogP contribution in [0.15, 0.2) is 78.9 Å². The first kappa shape index (κ1) is 22.3. The molecule has 2 bridgehead atoms. The molecule has 1 aliphatic heterocycles. The maximum absolute atomic E-state index is 12.0. The van der Waals surface area contributed by atoms with Crippen LogP contribution >= 0.6 is 0 Å². The van der Waals surface area contributed by atoms with Crippen molar-refractivity contribution in [3.8, 4) is 22.5 Å². The van der Waals surface area contributed by atoms with E-state index in [-0.39, 0.29) is 11.8 Å². The van der Waals surface area contributed by atoms with Crippen LogP contribution in [0.1, 0.15) is 35.4 Å². The van der Waals surface area contributed by atoms with E-state index in [1.165, 1.54) is 5.56 Å². The van der Waals surface area contributed by atoms with Gasteiger partial charge in [-0.3, -0.25) is 4.90 Å². The summed E-state index contributed by atoms with van der Waals surface area (Å²) in [6.45, 7) is 7.02. The molecule has 1 saturated heterocycles. The number of H-pyrrole nitrogens is 1. The Morgan fingerprint density at radius 3 is 2.23 bits per heavy atom. The minimum Gasteiger partial charge on any atom is -0.384 e. The number of nitrogens with one attached hydrogen (secondary N) is 1. The highest BCUT2D eigenvalue weighted by Crippen LogP contribution is 2.51. The Morgan fingerprint density at radius 2 is 1.57 bits per heavy atom. The van der Waals surface area contributed by atoms with Gasteiger partial charge in [-0.2, -0.15) is 0 Å². The predicted octanol–water partition coefficient (Wildman–Crippen LogP) is 6.09. The Labute approximate surface area is 207 Å². The molecular formula is C31H33N3O. The van der Waals surface area contributed by atoms with Gasteiger partial charge in [0.25, 0.3) is 0 Å². The first-order chi connectivity index (χ1) is 17.0. The van der Waals surface area contributed by atoms with Crippen LogP contribution in [0, 0.1) is 25.7 Å². The molecule has 2 fully saturated rings. The van der Waals surface area contributed by atoms with E-state index in [1.54, 1.807) is 0 Å². The van der Waals surface area contributed by atoms with Gasteiger partial charge in [-0.15, -0.1) is 0 Å². The van der Waals surface area contributed by atoms with Crippen LogP contribution in [0.25, 0.3) is 22.5 Å². The van der Waals surface area contributed by atoms with Crippen molar-refractivity contribution in [3.05, 3.63) is 101 Å². The van der Waals surface area contributed by atoms with Gasteiger partial charge in [0.1, 0.15) is 0 Å². The van der Waals surface area contributed by atoms with E-state index in [2.05, 4.69) is 103 Å². The van der Waals surface area contributed by atoms with E-state index in [1.807, 2.05) is 0 Å². The third-order valence-corrected chi connectivity index (χ3v) is 8.13. The molecule has 2 aliphatic rings. The van der Waals surface area contributed by atoms with Gasteiger partial charge in [0.05, 0.1) is 17.0 Å². The molecular weight excluding hydrogens is 430 g/mol. The van der Waals surface area contributed by atoms with E-state index in [9.17, 15) is 5.11 Å². The molecule has 2 unspecified atom stereocenters. The molecule has 35 heavy (non-hydrogen) atoms. The zero-order chi connectivity index (χ0) is 24.0. The van der Waals surface area contributed by atoms with Crippen molar-refractivity contribution in [2.24, 2.45) is 11.8 Å². The number of benzene rings is 2. The largest absolute Gasteiger partial charge is 0.384 e. The van der Waals surface area contributed by atoms with Crippen molar-refractivity contribution in [2.75, 3.05) is 13.1 Å². The van der Waals surface area contributed by atoms with Crippen molar-refractivity contribution in [3.63, 3.8) is 0 Å². The second-order valence-corrected chi connectivity index (χ2v) is 10.5. The zero-order valence-electron chi connectivity index (χ0n) is 20.5. The van der Waals surface area contributed by atoms with Crippen molar-refractivity contribution in [1.29, 1.82) is 0 Å². The van der Waals surface area contributed by atoms with Gasteiger partial charge >= 0.3 is 0 Å². The third-order valence-electron chi connectivity index (χ3n) is 8.13. The summed E-state index contributed by atoms with van der Waals surface area (Å²) >= 11 is 0. The fraction of sp³-hybridized carbons (Fsp3) is 0.323. The fourth-order valence-corrected chi connectivity index (χ4v) is 6.42. The Hall–Kier alpha value is -3.21. The summed E-state index contributed by atoms with van der Waals surface area (Å²) in [5.41, 5.74) is 8.12. The van der Waals surface area contributed by atoms with E-state index < -0.39 is 5.60 Å². The van der Waals surface area contributed by atoms with Crippen LogP contribution in [-0.2, 0) is 12.1 Å². The number of rotatable bonds is 5. The Balaban J connectivity index is 1.22. The topological polar surface area (TPSA) is 52.1 Å². The maximum Gasteiger partial charge on any atom is 0.0976 e. The van der Waals surface area contributed by atoms with Crippen LogP contribution in [-0.4, -0.2) is 33.1 Å². The molecule has 1 saturated carbocycles. The third kappa shape index (κ3) is 4.01. The number of aromatic amines is 1. The molecule has 4 aromatic rings. The molecule has 0 radical (unpaired) electrons. The lowest BCUT2D eigenvalue weighted by Crippen LogP contribution is -2.51. The second kappa shape index (κ2) is 8.78. The summed E-state index contributed by atoms with van der Waals surface area (Å²) < 4.78 is 0. The maximum atomic E-state index is 12.0. The fourth-order valence-electron chi connectivity index (χ4n) is 6.42. The lowest BCUT2D eigenvalue weighted by Gasteiger charge is -2.45. The monoisotopic (exact) mass is 463 g/mol. The van der Waals surface area contributed by atoms with Crippen LogP contribution < -0.4 is 0 Å². The average Bonchev–Trinajstić information content (AvgIpc) is 3.28. The second-order valence-electron chi connectivity index (χ2n) is 10.5. The molecule has 1 aliphatic carbocycles. The van der Waals surface area contributed by atoms with Gasteiger partial charge in [0, 0.05) is 54.0 Å². The van der Waals surface area contributed by atoms with Crippen LogP contribution in [0.2, 0.25) is 0 Å². The lowest BCUT2D eigenvalue weighted by atomic mass is 9.75. The number of pyridine rings is 1. The molecule has 3 heterocycles. The van der Waals surface area contributed by atoms with Gasteiger partial charge in [0.15, 0.2) is 0 Å².